The molecule has 0 radical (unpaired) electrons. The third kappa shape index (κ3) is 1.44. The van der Waals surface area contributed by atoms with Gasteiger partial charge in [0.15, 0.2) is 0 Å². The number of benzene rings is 1. The van der Waals surface area contributed by atoms with Crippen LogP contribution in [-0.4, -0.2) is 13.1 Å². The van der Waals surface area contributed by atoms with Crippen molar-refractivity contribution in [3.05, 3.63) is 35.6 Å². The third-order valence-electron chi connectivity index (χ3n) is 3.37. The zero-order valence-electron chi connectivity index (χ0n) is 8.52. The first-order chi connectivity index (χ1) is 6.78. The molecule has 0 bridgehead atoms. The molecule has 1 aromatic carbocycles. The number of nitrogens with one attached hydrogen (secondary N) is 1. The van der Waals surface area contributed by atoms with Gasteiger partial charge in [0.2, 0.25) is 0 Å². The van der Waals surface area contributed by atoms with E-state index in [0.29, 0.717) is 0 Å². The second kappa shape index (κ2) is 3.70. The Morgan fingerprint density at radius 2 is 2.21 bits per heavy atom. The van der Waals surface area contributed by atoms with Crippen LogP contribution in [0.3, 0.4) is 0 Å². The second-order valence-corrected chi connectivity index (χ2v) is 4.04. The SMILES string of the molecule is CCC1(c2ccccc2F)CCNC1. The summed E-state index contributed by atoms with van der Waals surface area (Å²) >= 11 is 0. The molecule has 0 amide bonds. The summed E-state index contributed by atoms with van der Waals surface area (Å²) in [5.41, 5.74) is 0.915. The van der Waals surface area contributed by atoms with Gasteiger partial charge in [0.05, 0.1) is 0 Å². The largest absolute Gasteiger partial charge is 0.316 e. The quantitative estimate of drug-likeness (QED) is 0.760. The molecule has 2 heteroatoms. The minimum absolute atomic E-state index is 0.0331. The predicted molar refractivity (Wildman–Crippen MR) is 55.9 cm³/mol. The van der Waals surface area contributed by atoms with Gasteiger partial charge in [-0.3, -0.25) is 0 Å². The number of hydrogen-bond donors (Lipinski definition) is 1. The van der Waals surface area contributed by atoms with Crippen LogP contribution < -0.4 is 5.32 Å². The Kier molecular flexibility index (Phi) is 2.55. The lowest BCUT2D eigenvalue weighted by Crippen LogP contribution is -2.29. The van der Waals surface area contributed by atoms with Crippen molar-refractivity contribution in [2.75, 3.05) is 13.1 Å². The molecular weight excluding hydrogens is 177 g/mol. The van der Waals surface area contributed by atoms with Crippen molar-refractivity contribution in [2.45, 2.75) is 25.2 Å². The molecular formula is C12H16FN. The van der Waals surface area contributed by atoms with E-state index >= 15 is 0 Å². The van der Waals surface area contributed by atoms with Gasteiger partial charge in [0.1, 0.15) is 5.82 Å². The maximum Gasteiger partial charge on any atom is 0.127 e. The van der Waals surface area contributed by atoms with Crippen LogP contribution in [0.4, 0.5) is 4.39 Å². The highest BCUT2D eigenvalue weighted by Gasteiger charge is 2.35. The van der Waals surface area contributed by atoms with E-state index in [4.69, 9.17) is 0 Å². The van der Waals surface area contributed by atoms with Gasteiger partial charge in [-0.05, 0) is 31.0 Å². The van der Waals surface area contributed by atoms with Crippen LogP contribution in [0.1, 0.15) is 25.3 Å². The fraction of sp³-hybridized carbons (Fsp3) is 0.500. The van der Waals surface area contributed by atoms with Crippen LogP contribution in [0.15, 0.2) is 24.3 Å². The highest BCUT2D eigenvalue weighted by molar-refractivity contribution is 5.28. The van der Waals surface area contributed by atoms with E-state index in [1.165, 1.54) is 0 Å². The summed E-state index contributed by atoms with van der Waals surface area (Å²) in [6, 6.07) is 7.16. The minimum Gasteiger partial charge on any atom is -0.316 e. The van der Waals surface area contributed by atoms with E-state index < -0.39 is 0 Å². The maximum atomic E-state index is 13.6. The topological polar surface area (TPSA) is 12.0 Å². The van der Waals surface area contributed by atoms with Crippen molar-refractivity contribution in [2.24, 2.45) is 0 Å². The van der Waals surface area contributed by atoms with Gasteiger partial charge in [-0.2, -0.15) is 0 Å². The van der Waals surface area contributed by atoms with Crippen molar-refractivity contribution < 1.29 is 4.39 Å². The lowest BCUT2D eigenvalue weighted by molar-refractivity contribution is 0.428. The first kappa shape index (κ1) is 9.66. The van der Waals surface area contributed by atoms with Crippen LogP contribution in [0.5, 0.6) is 0 Å². The Morgan fingerprint density at radius 3 is 2.79 bits per heavy atom. The van der Waals surface area contributed by atoms with E-state index in [2.05, 4.69) is 12.2 Å². The summed E-state index contributed by atoms with van der Waals surface area (Å²) in [5, 5.41) is 3.32. The molecule has 1 heterocycles. The van der Waals surface area contributed by atoms with Gasteiger partial charge in [-0.1, -0.05) is 25.1 Å². The Morgan fingerprint density at radius 1 is 1.43 bits per heavy atom. The average molecular weight is 193 g/mol. The molecule has 1 saturated heterocycles. The first-order valence-corrected chi connectivity index (χ1v) is 5.24. The summed E-state index contributed by atoms with van der Waals surface area (Å²) in [6.45, 7) is 4.05. The summed E-state index contributed by atoms with van der Waals surface area (Å²) in [7, 11) is 0. The highest BCUT2D eigenvalue weighted by atomic mass is 19.1. The van der Waals surface area contributed by atoms with Crippen LogP contribution in [0.25, 0.3) is 0 Å². The van der Waals surface area contributed by atoms with E-state index in [-0.39, 0.29) is 11.2 Å². The molecule has 1 aliphatic heterocycles. The van der Waals surface area contributed by atoms with E-state index in [9.17, 15) is 4.39 Å². The van der Waals surface area contributed by atoms with E-state index in [1.54, 1.807) is 12.1 Å². The molecule has 14 heavy (non-hydrogen) atoms. The molecule has 1 atom stereocenters. The predicted octanol–water partition coefficient (Wildman–Crippen LogP) is 2.47. The van der Waals surface area contributed by atoms with Gasteiger partial charge in [0, 0.05) is 12.0 Å². The lowest BCUT2D eigenvalue weighted by atomic mass is 9.77. The number of rotatable bonds is 2. The van der Waals surface area contributed by atoms with Crippen molar-refractivity contribution in [1.29, 1.82) is 0 Å². The Labute approximate surface area is 84.3 Å². The molecule has 0 saturated carbocycles. The van der Waals surface area contributed by atoms with Crippen LogP contribution in [0, 0.1) is 5.82 Å². The van der Waals surface area contributed by atoms with Crippen molar-refractivity contribution in [3.63, 3.8) is 0 Å². The molecule has 1 aliphatic rings. The molecule has 1 aromatic rings. The molecule has 1 fully saturated rings. The first-order valence-electron chi connectivity index (χ1n) is 5.24. The van der Waals surface area contributed by atoms with Crippen LogP contribution >= 0.6 is 0 Å². The number of halogens is 1. The standard InChI is InChI=1S/C12H16FN/c1-2-12(7-8-14-9-12)10-5-3-4-6-11(10)13/h3-6,14H,2,7-9H2,1H3. The summed E-state index contributed by atoms with van der Waals surface area (Å²) in [6.07, 6.45) is 2.05. The molecule has 0 aliphatic carbocycles. The zero-order chi connectivity index (χ0) is 10.0. The number of hydrogen-bond acceptors (Lipinski definition) is 1. The van der Waals surface area contributed by atoms with Crippen molar-refractivity contribution in [3.8, 4) is 0 Å². The maximum absolute atomic E-state index is 13.6. The monoisotopic (exact) mass is 193 g/mol. The normalized spacial score (nSPS) is 26.7. The molecule has 0 spiro atoms. The Bertz CT molecular complexity index is 316. The summed E-state index contributed by atoms with van der Waals surface area (Å²) in [4.78, 5) is 0. The molecule has 1 nitrogen and oxygen atoms in total. The fourth-order valence-electron chi connectivity index (χ4n) is 2.36. The van der Waals surface area contributed by atoms with E-state index in [1.807, 2.05) is 12.1 Å². The molecule has 1 N–H and O–H groups in total. The molecule has 0 aromatic heterocycles. The average Bonchev–Trinajstić information content (AvgIpc) is 2.68. The van der Waals surface area contributed by atoms with Gasteiger partial charge >= 0.3 is 0 Å². The van der Waals surface area contributed by atoms with Crippen LogP contribution in [0.2, 0.25) is 0 Å². The van der Waals surface area contributed by atoms with Gasteiger partial charge in [-0.15, -0.1) is 0 Å². The molecule has 76 valence electrons. The third-order valence-corrected chi connectivity index (χ3v) is 3.37. The van der Waals surface area contributed by atoms with Gasteiger partial charge < -0.3 is 5.32 Å². The van der Waals surface area contributed by atoms with Crippen molar-refractivity contribution >= 4 is 0 Å². The van der Waals surface area contributed by atoms with Gasteiger partial charge in [-0.25, -0.2) is 4.39 Å². The highest BCUT2D eigenvalue weighted by Crippen LogP contribution is 2.35. The summed E-state index contributed by atoms with van der Waals surface area (Å²) in [5.74, 6) is -0.0574. The van der Waals surface area contributed by atoms with E-state index in [0.717, 1.165) is 31.5 Å². The summed E-state index contributed by atoms with van der Waals surface area (Å²) < 4.78 is 13.6. The molecule has 2 rings (SSSR count). The second-order valence-electron chi connectivity index (χ2n) is 4.04. The lowest BCUT2D eigenvalue weighted by Gasteiger charge is -2.27. The Balaban J connectivity index is 2.41. The minimum atomic E-state index is -0.0574. The van der Waals surface area contributed by atoms with Crippen molar-refractivity contribution in [1.82, 2.24) is 5.32 Å². The van der Waals surface area contributed by atoms with Crippen LogP contribution in [-0.2, 0) is 5.41 Å². The smallest absolute Gasteiger partial charge is 0.127 e. The fourth-order valence-corrected chi connectivity index (χ4v) is 2.36. The zero-order valence-corrected chi connectivity index (χ0v) is 8.52. The van der Waals surface area contributed by atoms with Gasteiger partial charge in [0.25, 0.3) is 0 Å². The Hall–Kier alpha value is -0.890. The molecule has 1 unspecified atom stereocenters.